The molecular formula is C13H20ClN3O. The number of nitrogens with zero attached hydrogens (tertiary/aromatic N) is 3. The maximum Gasteiger partial charge on any atom is 0.218 e. The molecule has 1 aromatic rings. The zero-order valence-corrected chi connectivity index (χ0v) is 11.8. The fourth-order valence-corrected chi connectivity index (χ4v) is 2.56. The molecule has 1 aliphatic heterocycles. The molecule has 1 saturated heterocycles. The van der Waals surface area contributed by atoms with Gasteiger partial charge in [0.1, 0.15) is 11.6 Å². The maximum absolute atomic E-state index is 5.96. The lowest BCUT2D eigenvalue weighted by Crippen LogP contribution is -2.36. The molecule has 100 valence electrons. The number of aryl methyl sites for hydroxylation is 1. The van der Waals surface area contributed by atoms with E-state index in [1.54, 1.807) is 0 Å². The van der Waals surface area contributed by atoms with Gasteiger partial charge in [0.2, 0.25) is 5.88 Å². The lowest BCUT2D eigenvalue weighted by molar-refractivity contribution is 0.325. The highest BCUT2D eigenvalue weighted by Crippen LogP contribution is 2.24. The van der Waals surface area contributed by atoms with Crippen LogP contribution in [0.2, 0.25) is 0 Å². The van der Waals surface area contributed by atoms with E-state index in [0.717, 1.165) is 30.6 Å². The van der Waals surface area contributed by atoms with Crippen LogP contribution in [0, 0.1) is 12.8 Å². The summed E-state index contributed by atoms with van der Waals surface area (Å²) < 4.78 is 5.47. The van der Waals surface area contributed by atoms with Crippen LogP contribution in [0.4, 0.5) is 5.82 Å². The first kappa shape index (κ1) is 13.4. The molecule has 0 saturated carbocycles. The first-order valence-electron chi connectivity index (χ1n) is 6.52. The van der Waals surface area contributed by atoms with Gasteiger partial charge >= 0.3 is 0 Å². The molecule has 0 spiro atoms. The number of hydrogen-bond acceptors (Lipinski definition) is 4. The van der Waals surface area contributed by atoms with Crippen LogP contribution in [0.5, 0.6) is 5.88 Å². The summed E-state index contributed by atoms with van der Waals surface area (Å²) in [6.07, 6.45) is 2.38. The van der Waals surface area contributed by atoms with E-state index >= 15 is 0 Å². The van der Waals surface area contributed by atoms with E-state index in [1.807, 2.05) is 19.9 Å². The fourth-order valence-electron chi connectivity index (χ4n) is 2.31. The van der Waals surface area contributed by atoms with E-state index in [2.05, 4.69) is 14.9 Å². The molecule has 0 bridgehead atoms. The van der Waals surface area contributed by atoms with Crippen molar-refractivity contribution in [3.63, 3.8) is 0 Å². The van der Waals surface area contributed by atoms with Gasteiger partial charge < -0.3 is 9.64 Å². The van der Waals surface area contributed by atoms with Gasteiger partial charge in [0.15, 0.2) is 0 Å². The monoisotopic (exact) mass is 269 g/mol. The minimum absolute atomic E-state index is 0.561. The summed E-state index contributed by atoms with van der Waals surface area (Å²) in [5, 5.41) is 0. The van der Waals surface area contributed by atoms with Crippen molar-refractivity contribution in [3.05, 3.63) is 11.9 Å². The zero-order valence-electron chi connectivity index (χ0n) is 11.0. The Balaban J connectivity index is 2.16. The zero-order chi connectivity index (χ0) is 13.0. The standard InChI is InChI=1S/C13H20ClN3O/c1-3-18-13-7-12(15-10(2)16-13)17-6-4-5-11(8-14)9-17/h7,11H,3-6,8-9H2,1-2H3. The van der Waals surface area contributed by atoms with Crippen LogP contribution in [0.15, 0.2) is 6.07 Å². The minimum Gasteiger partial charge on any atom is -0.478 e. The lowest BCUT2D eigenvalue weighted by atomic mass is 10.0. The van der Waals surface area contributed by atoms with Crippen LogP contribution in [0.25, 0.3) is 0 Å². The Hall–Kier alpha value is -1.03. The Morgan fingerprint density at radius 2 is 2.33 bits per heavy atom. The number of alkyl halides is 1. The Morgan fingerprint density at radius 1 is 1.50 bits per heavy atom. The summed E-state index contributed by atoms with van der Waals surface area (Å²) in [5.74, 6) is 3.66. The molecule has 5 heteroatoms. The Kier molecular flexibility index (Phi) is 4.64. The molecule has 1 atom stereocenters. The number of hydrogen-bond donors (Lipinski definition) is 0. The van der Waals surface area contributed by atoms with Gasteiger partial charge in [-0.3, -0.25) is 0 Å². The van der Waals surface area contributed by atoms with Gasteiger partial charge in [-0.2, -0.15) is 4.98 Å². The maximum atomic E-state index is 5.96. The van der Waals surface area contributed by atoms with Gasteiger partial charge in [0, 0.05) is 25.0 Å². The van der Waals surface area contributed by atoms with Crippen LogP contribution < -0.4 is 9.64 Å². The first-order chi connectivity index (χ1) is 8.72. The Bertz CT molecular complexity index is 400. The highest BCUT2D eigenvalue weighted by molar-refractivity contribution is 6.18. The molecule has 0 amide bonds. The third-order valence-corrected chi connectivity index (χ3v) is 3.59. The molecule has 1 aliphatic rings. The average molecular weight is 270 g/mol. The highest BCUT2D eigenvalue weighted by Gasteiger charge is 2.21. The molecule has 2 rings (SSSR count). The summed E-state index contributed by atoms with van der Waals surface area (Å²) in [5.41, 5.74) is 0. The highest BCUT2D eigenvalue weighted by atomic mass is 35.5. The molecule has 1 aromatic heterocycles. The number of halogens is 1. The second kappa shape index (κ2) is 6.23. The summed E-state index contributed by atoms with van der Waals surface area (Å²) in [6.45, 7) is 6.50. The predicted octanol–water partition coefficient (Wildman–Crippen LogP) is 2.64. The van der Waals surface area contributed by atoms with Crippen molar-refractivity contribution in [3.8, 4) is 5.88 Å². The normalized spacial score (nSPS) is 19.9. The third-order valence-electron chi connectivity index (χ3n) is 3.15. The molecule has 0 radical (unpaired) electrons. The summed E-state index contributed by atoms with van der Waals surface area (Å²) in [7, 11) is 0. The number of ether oxygens (including phenoxy) is 1. The second-order valence-electron chi connectivity index (χ2n) is 4.65. The van der Waals surface area contributed by atoms with Crippen molar-refractivity contribution in [2.75, 3.05) is 30.5 Å². The number of aromatic nitrogens is 2. The van der Waals surface area contributed by atoms with Gasteiger partial charge in [0.05, 0.1) is 6.61 Å². The van der Waals surface area contributed by atoms with Crippen molar-refractivity contribution < 1.29 is 4.74 Å². The molecule has 0 aliphatic carbocycles. The van der Waals surface area contributed by atoms with E-state index in [0.29, 0.717) is 18.4 Å². The number of piperidine rings is 1. The minimum atomic E-state index is 0.561. The van der Waals surface area contributed by atoms with Crippen molar-refractivity contribution in [1.29, 1.82) is 0 Å². The van der Waals surface area contributed by atoms with E-state index < -0.39 is 0 Å². The average Bonchev–Trinajstić information content (AvgIpc) is 2.38. The Labute approximate surface area is 113 Å². The SMILES string of the molecule is CCOc1cc(N2CCCC(CCl)C2)nc(C)n1. The quantitative estimate of drug-likeness (QED) is 0.788. The molecule has 0 N–H and O–H groups in total. The lowest BCUT2D eigenvalue weighted by Gasteiger charge is -2.32. The molecule has 0 aromatic carbocycles. The van der Waals surface area contributed by atoms with Crippen molar-refractivity contribution >= 4 is 17.4 Å². The predicted molar refractivity (Wildman–Crippen MR) is 73.6 cm³/mol. The molecule has 1 fully saturated rings. The van der Waals surface area contributed by atoms with Gasteiger partial charge in [-0.25, -0.2) is 4.98 Å². The topological polar surface area (TPSA) is 38.2 Å². The van der Waals surface area contributed by atoms with E-state index in [1.165, 1.54) is 12.8 Å². The van der Waals surface area contributed by atoms with Crippen LogP contribution in [0.1, 0.15) is 25.6 Å². The van der Waals surface area contributed by atoms with Crippen LogP contribution in [-0.2, 0) is 0 Å². The van der Waals surface area contributed by atoms with Crippen molar-refractivity contribution in [2.45, 2.75) is 26.7 Å². The fraction of sp³-hybridized carbons (Fsp3) is 0.692. The summed E-state index contributed by atoms with van der Waals surface area (Å²) in [4.78, 5) is 11.1. The number of rotatable bonds is 4. The number of anilines is 1. The summed E-state index contributed by atoms with van der Waals surface area (Å²) in [6, 6.07) is 1.92. The van der Waals surface area contributed by atoms with Gasteiger partial charge in [-0.1, -0.05) is 0 Å². The van der Waals surface area contributed by atoms with Crippen LogP contribution in [0.3, 0.4) is 0 Å². The summed E-state index contributed by atoms with van der Waals surface area (Å²) >= 11 is 5.96. The van der Waals surface area contributed by atoms with Gasteiger partial charge in [-0.15, -0.1) is 11.6 Å². The molecular weight excluding hydrogens is 250 g/mol. The van der Waals surface area contributed by atoms with Crippen LogP contribution >= 0.6 is 11.6 Å². The van der Waals surface area contributed by atoms with Crippen LogP contribution in [-0.4, -0.2) is 35.5 Å². The second-order valence-corrected chi connectivity index (χ2v) is 4.96. The molecule has 4 nitrogen and oxygen atoms in total. The van der Waals surface area contributed by atoms with E-state index in [-0.39, 0.29) is 0 Å². The molecule has 2 heterocycles. The third kappa shape index (κ3) is 3.25. The first-order valence-corrected chi connectivity index (χ1v) is 7.05. The van der Waals surface area contributed by atoms with Gasteiger partial charge in [0.25, 0.3) is 0 Å². The van der Waals surface area contributed by atoms with E-state index in [4.69, 9.17) is 16.3 Å². The molecule has 1 unspecified atom stereocenters. The van der Waals surface area contributed by atoms with Gasteiger partial charge in [-0.05, 0) is 32.6 Å². The Morgan fingerprint density at radius 3 is 3.06 bits per heavy atom. The van der Waals surface area contributed by atoms with Crippen molar-refractivity contribution in [2.24, 2.45) is 5.92 Å². The molecule has 18 heavy (non-hydrogen) atoms. The smallest absolute Gasteiger partial charge is 0.218 e. The largest absolute Gasteiger partial charge is 0.478 e. The van der Waals surface area contributed by atoms with Crippen molar-refractivity contribution in [1.82, 2.24) is 9.97 Å². The van der Waals surface area contributed by atoms with E-state index in [9.17, 15) is 0 Å².